The van der Waals surface area contributed by atoms with Gasteiger partial charge in [0.05, 0.1) is 13.2 Å². The second-order valence-corrected chi connectivity index (χ2v) is 3.49. The van der Waals surface area contributed by atoms with E-state index in [9.17, 15) is 0 Å². The largest absolute Gasteiger partial charge is 0.463 e. The van der Waals surface area contributed by atoms with Crippen molar-refractivity contribution in [3.63, 3.8) is 0 Å². The van der Waals surface area contributed by atoms with Crippen LogP contribution in [0.5, 0.6) is 6.01 Å². The van der Waals surface area contributed by atoms with E-state index < -0.39 is 0 Å². The molecule has 0 aliphatic heterocycles. The number of hydrogen-bond acceptors (Lipinski definition) is 8. The van der Waals surface area contributed by atoms with Crippen LogP contribution < -0.4 is 21.3 Å². The van der Waals surface area contributed by atoms with Crippen molar-refractivity contribution in [1.29, 1.82) is 0 Å². The van der Waals surface area contributed by atoms with Crippen molar-refractivity contribution in [2.75, 3.05) is 24.0 Å². The number of aliphatic hydroxyl groups excluding tert-OH is 1. The Labute approximate surface area is 99.6 Å². The lowest BCUT2D eigenvalue weighted by molar-refractivity contribution is 0.279. The standard InChI is InChI=1S/C9H18N6O2/c1-3-4-17-9-13-7(11-6(2)5-16)12-8(14-9)15-10/h6,16H,3-5,10H2,1-2H3,(H2,11,12,13,14,15). The molecule has 8 nitrogen and oxygen atoms in total. The third-order valence-corrected chi connectivity index (χ3v) is 1.83. The van der Waals surface area contributed by atoms with Crippen LogP contribution in [0.3, 0.4) is 0 Å². The van der Waals surface area contributed by atoms with Gasteiger partial charge in [-0.3, -0.25) is 5.43 Å². The van der Waals surface area contributed by atoms with Crippen molar-refractivity contribution in [2.45, 2.75) is 26.3 Å². The minimum Gasteiger partial charge on any atom is -0.463 e. The molecule has 1 aromatic rings. The summed E-state index contributed by atoms with van der Waals surface area (Å²) in [6.45, 7) is 4.27. The van der Waals surface area contributed by atoms with E-state index in [-0.39, 0.29) is 24.6 Å². The number of rotatable bonds is 7. The molecule has 0 aromatic carbocycles. The molecular formula is C9H18N6O2. The van der Waals surface area contributed by atoms with Gasteiger partial charge in [-0.2, -0.15) is 15.0 Å². The lowest BCUT2D eigenvalue weighted by Gasteiger charge is -2.12. The van der Waals surface area contributed by atoms with Crippen LogP contribution in [0, 0.1) is 0 Å². The maximum absolute atomic E-state index is 8.93. The SMILES string of the molecule is CCCOc1nc(NN)nc(NC(C)CO)n1. The van der Waals surface area contributed by atoms with E-state index in [4.69, 9.17) is 15.7 Å². The fourth-order valence-corrected chi connectivity index (χ4v) is 1.01. The first-order valence-electron chi connectivity index (χ1n) is 5.42. The van der Waals surface area contributed by atoms with Crippen molar-refractivity contribution in [1.82, 2.24) is 15.0 Å². The number of hydrazine groups is 1. The van der Waals surface area contributed by atoms with Gasteiger partial charge in [0.1, 0.15) is 0 Å². The summed E-state index contributed by atoms with van der Waals surface area (Å²) < 4.78 is 5.29. The molecule has 8 heteroatoms. The Morgan fingerprint density at radius 2 is 2.06 bits per heavy atom. The molecule has 96 valence electrons. The van der Waals surface area contributed by atoms with Gasteiger partial charge < -0.3 is 15.2 Å². The number of nitrogen functional groups attached to an aromatic ring is 1. The molecule has 1 unspecified atom stereocenters. The van der Waals surface area contributed by atoms with E-state index in [0.29, 0.717) is 12.6 Å². The predicted molar refractivity (Wildman–Crippen MR) is 63.6 cm³/mol. The van der Waals surface area contributed by atoms with E-state index in [0.717, 1.165) is 6.42 Å². The molecule has 0 saturated heterocycles. The quantitative estimate of drug-likeness (QED) is 0.381. The first kappa shape index (κ1) is 13.4. The van der Waals surface area contributed by atoms with Crippen molar-refractivity contribution in [3.8, 4) is 6.01 Å². The van der Waals surface area contributed by atoms with Gasteiger partial charge in [-0.15, -0.1) is 0 Å². The van der Waals surface area contributed by atoms with E-state index >= 15 is 0 Å². The molecule has 0 aliphatic carbocycles. The Kier molecular flexibility index (Phi) is 5.37. The lowest BCUT2D eigenvalue weighted by Crippen LogP contribution is -2.22. The fourth-order valence-electron chi connectivity index (χ4n) is 1.01. The minimum atomic E-state index is -0.165. The summed E-state index contributed by atoms with van der Waals surface area (Å²) in [6.07, 6.45) is 0.854. The van der Waals surface area contributed by atoms with Crippen molar-refractivity contribution in [2.24, 2.45) is 5.84 Å². The molecule has 0 spiro atoms. The van der Waals surface area contributed by atoms with Gasteiger partial charge in [0.15, 0.2) is 0 Å². The highest BCUT2D eigenvalue weighted by atomic mass is 16.5. The molecule has 0 bridgehead atoms. The number of nitrogens with two attached hydrogens (primary N) is 1. The van der Waals surface area contributed by atoms with Crippen LogP contribution in [0.4, 0.5) is 11.9 Å². The first-order valence-corrected chi connectivity index (χ1v) is 5.42. The summed E-state index contributed by atoms with van der Waals surface area (Å²) in [5.74, 6) is 5.76. The first-order chi connectivity index (χ1) is 8.19. The van der Waals surface area contributed by atoms with Gasteiger partial charge in [0.2, 0.25) is 11.9 Å². The van der Waals surface area contributed by atoms with Crippen molar-refractivity contribution in [3.05, 3.63) is 0 Å². The van der Waals surface area contributed by atoms with Crippen LogP contribution in [-0.4, -0.2) is 39.3 Å². The number of hydrogen-bond donors (Lipinski definition) is 4. The van der Waals surface area contributed by atoms with Crippen molar-refractivity contribution >= 4 is 11.9 Å². The Bertz CT molecular complexity index is 348. The van der Waals surface area contributed by atoms with Gasteiger partial charge in [0, 0.05) is 6.04 Å². The molecule has 1 rings (SSSR count). The smallest absolute Gasteiger partial charge is 0.323 e. The second kappa shape index (κ2) is 6.81. The molecule has 1 atom stereocenters. The molecule has 5 N–H and O–H groups in total. The normalized spacial score (nSPS) is 12.0. The van der Waals surface area contributed by atoms with Gasteiger partial charge >= 0.3 is 6.01 Å². The number of aromatic nitrogens is 3. The Balaban J connectivity index is 2.80. The Morgan fingerprint density at radius 1 is 1.35 bits per heavy atom. The number of aliphatic hydroxyl groups is 1. The summed E-state index contributed by atoms with van der Waals surface area (Å²) in [4.78, 5) is 12.0. The molecule has 0 saturated carbocycles. The lowest BCUT2D eigenvalue weighted by atomic mass is 10.4. The van der Waals surface area contributed by atoms with E-state index in [2.05, 4.69) is 25.7 Å². The Morgan fingerprint density at radius 3 is 2.65 bits per heavy atom. The molecule has 0 amide bonds. The minimum absolute atomic E-state index is 0.0256. The number of ether oxygens (including phenoxy) is 1. The highest BCUT2D eigenvalue weighted by molar-refractivity contribution is 5.35. The van der Waals surface area contributed by atoms with Crippen LogP contribution in [0.15, 0.2) is 0 Å². The van der Waals surface area contributed by atoms with Gasteiger partial charge in [0.25, 0.3) is 0 Å². The van der Waals surface area contributed by atoms with Gasteiger partial charge in [-0.1, -0.05) is 6.92 Å². The summed E-state index contributed by atoms with van der Waals surface area (Å²) in [7, 11) is 0. The fraction of sp³-hybridized carbons (Fsp3) is 0.667. The van der Waals surface area contributed by atoms with Crippen LogP contribution in [0.2, 0.25) is 0 Å². The summed E-state index contributed by atoms with van der Waals surface area (Å²) >= 11 is 0. The second-order valence-electron chi connectivity index (χ2n) is 3.49. The van der Waals surface area contributed by atoms with E-state index in [1.807, 2.05) is 6.92 Å². The highest BCUT2D eigenvalue weighted by Gasteiger charge is 2.08. The monoisotopic (exact) mass is 242 g/mol. The summed E-state index contributed by atoms with van der Waals surface area (Å²) in [5.41, 5.74) is 2.33. The van der Waals surface area contributed by atoms with Crippen LogP contribution >= 0.6 is 0 Å². The number of nitrogens with one attached hydrogen (secondary N) is 2. The molecular weight excluding hydrogens is 224 g/mol. The zero-order chi connectivity index (χ0) is 12.7. The molecule has 0 fully saturated rings. The van der Waals surface area contributed by atoms with Gasteiger partial charge in [-0.05, 0) is 13.3 Å². The third kappa shape index (κ3) is 4.37. The Hall–Kier alpha value is -1.67. The molecule has 1 aromatic heterocycles. The predicted octanol–water partition coefficient (Wildman–Crippen LogP) is -0.261. The molecule has 1 heterocycles. The van der Waals surface area contributed by atoms with Crippen LogP contribution in [-0.2, 0) is 0 Å². The zero-order valence-electron chi connectivity index (χ0n) is 9.97. The summed E-state index contributed by atoms with van der Waals surface area (Å²) in [6, 6.07) is 0.0319. The molecule has 0 aliphatic rings. The zero-order valence-corrected chi connectivity index (χ0v) is 9.97. The van der Waals surface area contributed by atoms with Crippen LogP contribution in [0.25, 0.3) is 0 Å². The van der Waals surface area contributed by atoms with Crippen LogP contribution in [0.1, 0.15) is 20.3 Å². The third-order valence-electron chi connectivity index (χ3n) is 1.83. The number of anilines is 2. The van der Waals surface area contributed by atoms with E-state index in [1.54, 1.807) is 6.92 Å². The number of nitrogens with zero attached hydrogens (tertiary/aromatic N) is 3. The average Bonchev–Trinajstić information content (AvgIpc) is 2.35. The van der Waals surface area contributed by atoms with E-state index in [1.165, 1.54) is 0 Å². The molecule has 0 radical (unpaired) electrons. The van der Waals surface area contributed by atoms with Gasteiger partial charge in [-0.25, -0.2) is 5.84 Å². The average molecular weight is 242 g/mol. The molecule has 17 heavy (non-hydrogen) atoms. The topological polar surface area (TPSA) is 118 Å². The maximum Gasteiger partial charge on any atom is 0.323 e. The van der Waals surface area contributed by atoms with Crippen molar-refractivity contribution < 1.29 is 9.84 Å². The highest BCUT2D eigenvalue weighted by Crippen LogP contribution is 2.11. The maximum atomic E-state index is 8.93. The summed E-state index contributed by atoms with van der Waals surface area (Å²) in [5, 5.41) is 11.8.